The van der Waals surface area contributed by atoms with Crippen LogP contribution in [-0.2, 0) is 4.79 Å². The van der Waals surface area contributed by atoms with Crippen molar-refractivity contribution in [1.82, 2.24) is 4.98 Å². The predicted molar refractivity (Wildman–Crippen MR) is 99.3 cm³/mol. The summed E-state index contributed by atoms with van der Waals surface area (Å²) in [5, 5.41) is 11.9. The smallest absolute Gasteiger partial charge is 0.120 e. The van der Waals surface area contributed by atoms with Crippen LogP contribution in [0.4, 0.5) is 0 Å². The molecule has 1 heterocycles. The molecule has 3 aromatic rings. The molecule has 5 heteroatoms. The highest BCUT2D eigenvalue weighted by Crippen LogP contribution is 2.30. The molecule has 0 atom stereocenters. The molecule has 4 nitrogen and oxygen atoms in total. The van der Waals surface area contributed by atoms with E-state index in [4.69, 9.17) is 4.74 Å². The number of benzene rings is 2. The van der Waals surface area contributed by atoms with Crippen LogP contribution in [0.15, 0.2) is 48.5 Å². The molecule has 0 radical (unpaired) electrons. The number of hydrogen-bond acceptors (Lipinski definition) is 5. The van der Waals surface area contributed by atoms with Gasteiger partial charge in [-0.15, -0.1) is 11.3 Å². The number of para-hydroxylation sites is 1. The second-order valence-electron chi connectivity index (χ2n) is 5.62. The van der Waals surface area contributed by atoms with Crippen molar-refractivity contribution in [2.45, 2.75) is 19.8 Å². The number of fused-ring (bicyclic) bond motifs is 1. The van der Waals surface area contributed by atoms with Gasteiger partial charge in [-0.3, -0.25) is 0 Å². The van der Waals surface area contributed by atoms with Gasteiger partial charge >= 0.3 is 0 Å². The molecule has 3 rings (SSSR count). The molecule has 128 valence electrons. The highest BCUT2D eigenvalue weighted by Gasteiger charge is 2.09. The fourth-order valence-electron chi connectivity index (χ4n) is 2.43. The van der Waals surface area contributed by atoms with E-state index in [0.717, 1.165) is 28.0 Å². The van der Waals surface area contributed by atoms with E-state index in [2.05, 4.69) is 11.9 Å². The molecule has 0 bridgehead atoms. The Hall–Kier alpha value is -2.66. The van der Waals surface area contributed by atoms with E-state index < -0.39 is 5.97 Å². The Morgan fingerprint density at radius 3 is 2.64 bits per heavy atom. The van der Waals surface area contributed by atoms with Crippen molar-refractivity contribution in [3.63, 3.8) is 0 Å². The van der Waals surface area contributed by atoms with Gasteiger partial charge in [-0.25, -0.2) is 4.98 Å². The second kappa shape index (κ2) is 7.94. The summed E-state index contributed by atoms with van der Waals surface area (Å²) in [7, 11) is 0. The maximum atomic E-state index is 11.2. The number of carbonyl (C=O) groups excluding carboxylic acids is 1. The van der Waals surface area contributed by atoms with Gasteiger partial charge in [0, 0.05) is 12.4 Å². The van der Waals surface area contributed by atoms with Crippen LogP contribution in [0.25, 0.3) is 21.9 Å². The van der Waals surface area contributed by atoms with E-state index >= 15 is 0 Å². The van der Waals surface area contributed by atoms with Gasteiger partial charge in [0.15, 0.2) is 0 Å². The van der Waals surface area contributed by atoms with Crippen LogP contribution in [0.1, 0.15) is 30.3 Å². The standard InChI is InChI=1S/C20H19NO3S/c1-2-11-24-16-9-7-14(8-10-16)12-15(13-19(22)23)20-21-17-5-3-4-6-18(17)25-20/h3-10,12H,2,11,13H2,1H3,(H,22,23)/p-1/b15-12+. The zero-order valence-electron chi connectivity index (χ0n) is 13.9. The van der Waals surface area contributed by atoms with Crippen LogP contribution in [0, 0.1) is 0 Å². The number of hydrogen-bond donors (Lipinski definition) is 0. The van der Waals surface area contributed by atoms with E-state index in [0.29, 0.717) is 17.2 Å². The largest absolute Gasteiger partial charge is 0.550 e. The minimum atomic E-state index is -1.12. The summed E-state index contributed by atoms with van der Waals surface area (Å²) < 4.78 is 6.60. The minimum absolute atomic E-state index is 0.173. The molecule has 0 aliphatic rings. The van der Waals surface area contributed by atoms with Crippen LogP contribution in [-0.4, -0.2) is 17.6 Å². The molecule has 0 unspecified atom stereocenters. The Labute approximate surface area is 150 Å². The zero-order chi connectivity index (χ0) is 17.6. The zero-order valence-corrected chi connectivity index (χ0v) is 14.7. The van der Waals surface area contributed by atoms with Crippen LogP contribution in [0.5, 0.6) is 5.75 Å². The van der Waals surface area contributed by atoms with E-state index in [-0.39, 0.29) is 6.42 Å². The number of rotatable bonds is 7. The Balaban J connectivity index is 1.91. The van der Waals surface area contributed by atoms with Gasteiger partial charge in [0.2, 0.25) is 0 Å². The Morgan fingerprint density at radius 2 is 1.96 bits per heavy atom. The van der Waals surface area contributed by atoms with Gasteiger partial charge in [0.25, 0.3) is 0 Å². The van der Waals surface area contributed by atoms with Crippen LogP contribution >= 0.6 is 11.3 Å². The van der Waals surface area contributed by atoms with E-state index in [1.165, 1.54) is 11.3 Å². The number of ether oxygens (including phenoxy) is 1. The van der Waals surface area contributed by atoms with Gasteiger partial charge in [-0.1, -0.05) is 31.2 Å². The molecule has 1 aromatic heterocycles. The van der Waals surface area contributed by atoms with Gasteiger partial charge in [0.05, 0.1) is 16.8 Å². The fraction of sp³-hybridized carbons (Fsp3) is 0.200. The third-order valence-corrected chi connectivity index (χ3v) is 4.71. The first-order valence-corrected chi connectivity index (χ1v) is 8.96. The van der Waals surface area contributed by atoms with Gasteiger partial charge in [-0.2, -0.15) is 0 Å². The average molecular weight is 352 g/mol. The molecular weight excluding hydrogens is 334 g/mol. The first kappa shape index (κ1) is 17.2. The topological polar surface area (TPSA) is 62.2 Å². The second-order valence-corrected chi connectivity index (χ2v) is 6.65. The third-order valence-electron chi connectivity index (χ3n) is 3.60. The molecule has 0 aliphatic heterocycles. The minimum Gasteiger partial charge on any atom is -0.550 e. The lowest BCUT2D eigenvalue weighted by molar-refractivity contribution is -0.304. The molecule has 0 N–H and O–H groups in total. The number of carboxylic acids is 1. The summed E-state index contributed by atoms with van der Waals surface area (Å²) in [4.78, 5) is 15.7. The lowest BCUT2D eigenvalue weighted by atomic mass is 10.1. The maximum Gasteiger partial charge on any atom is 0.120 e. The van der Waals surface area contributed by atoms with Gasteiger partial charge in [-0.05, 0) is 47.9 Å². The molecule has 0 aliphatic carbocycles. The normalized spacial score (nSPS) is 11.6. The molecule has 25 heavy (non-hydrogen) atoms. The summed E-state index contributed by atoms with van der Waals surface area (Å²) in [5.74, 6) is -0.311. The molecule has 0 spiro atoms. The number of aliphatic carboxylic acids is 1. The van der Waals surface area contributed by atoms with E-state index in [9.17, 15) is 9.90 Å². The highest BCUT2D eigenvalue weighted by molar-refractivity contribution is 7.19. The molecule has 0 amide bonds. The van der Waals surface area contributed by atoms with Crippen molar-refractivity contribution >= 4 is 39.2 Å². The van der Waals surface area contributed by atoms with Crippen molar-refractivity contribution in [3.8, 4) is 5.75 Å². The SMILES string of the molecule is CCCOc1ccc(/C=C(\CC(=O)[O-])c2nc3ccccc3s2)cc1. The highest BCUT2D eigenvalue weighted by atomic mass is 32.1. The summed E-state index contributed by atoms with van der Waals surface area (Å²) in [6.45, 7) is 2.73. The number of aromatic nitrogens is 1. The number of carbonyl (C=O) groups is 1. The van der Waals surface area contributed by atoms with E-state index in [1.54, 1.807) is 0 Å². The molecular formula is C20H18NO3S-. The molecule has 0 saturated heterocycles. The monoisotopic (exact) mass is 352 g/mol. The lowest BCUT2D eigenvalue weighted by Crippen LogP contribution is -2.22. The molecule has 2 aromatic carbocycles. The van der Waals surface area contributed by atoms with Crippen molar-refractivity contribution in [2.24, 2.45) is 0 Å². The first-order valence-electron chi connectivity index (χ1n) is 8.15. The number of nitrogens with zero attached hydrogens (tertiary/aromatic N) is 1. The predicted octanol–water partition coefficient (Wildman–Crippen LogP) is 3.77. The number of thiazole rings is 1. The quantitative estimate of drug-likeness (QED) is 0.649. The molecule has 0 fully saturated rings. The van der Waals surface area contributed by atoms with Crippen molar-refractivity contribution in [3.05, 3.63) is 59.1 Å². The lowest BCUT2D eigenvalue weighted by Gasteiger charge is -2.07. The maximum absolute atomic E-state index is 11.2. The Morgan fingerprint density at radius 1 is 1.20 bits per heavy atom. The van der Waals surface area contributed by atoms with Crippen LogP contribution in [0.2, 0.25) is 0 Å². The number of carboxylic acid groups (broad SMARTS) is 1. The van der Waals surface area contributed by atoms with Crippen molar-refractivity contribution in [1.29, 1.82) is 0 Å². The fourth-order valence-corrected chi connectivity index (χ4v) is 3.41. The Bertz CT molecular complexity index is 864. The van der Waals surface area contributed by atoms with E-state index in [1.807, 2.05) is 54.6 Å². The summed E-state index contributed by atoms with van der Waals surface area (Å²) >= 11 is 1.49. The van der Waals surface area contributed by atoms with Crippen molar-refractivity contribution < 1.29 is 14.6 Å². The average Bonchev–Trinajstić information content (AvgIpc) is 3.04. The third kappa shape index (κ3) is 4.45. The Kier molecular flexibility index (Phi) is 5.46. The first-order chi connectivity index (χ1) is 12.2. The van der Waals surface area contributed by atoms with Crippen LogP contribution in [0.3, 0.4) is 0 Å². The summed E-state index contributed by atoms with van der Waals surface area (Å²) in [6, 6.07) is 15.4. The van der Waals surface area contributed by atoms with Gasteiger partial charge < -0.3 is 14.6 Å². The summed E-state index contributed by atoms with van der Waals surface area (Å²) in [5.41, 5.74) is 2.41. The molecule has 0 saturated carbocycles. The summed E-state index contributed by atoms with van der Waals surface area (Å²) in [6.07, 6.45) is 2.63. The van der Waals surface area contributed by atoms with Crippen molar-refractivity contribution in [2.75, 3.05) is 6.61 Å². The van der Waals surface area contributed by atoms with Gasteiger partial charge in [0.1, 0.15) is 10.8 Å². The van der Waals surface area contributed by atoms with Crippen LogP contribution < -0.4 is 9.84 Å².